The molecule has 2 aromatic carbocycles. The first-order valence-corrected chi connectivity index (χ1v) is 8.78. The molecule has 0 amide bonds. The van der Waals surface area contributed by atoms with Crippen LogP contribution in [0.15, 0.2) is 54.6 Å². The molecule has 2 atom stereocenters. The van der Waals surface area contributed by atoms with Crippen LogP contribution in [-0.2, 0) is 11.2 Å². The summed E-state index contributed by atoms with van der Waals surface area (Å²) in [4.78, 5) is 0. The van der Waals surface area contributed by atoms with Crippen LogP contribution in [0.2, 0.25) is 0 Å². The lowest BCUT2D eigenvalue weighted by atomic mass is 9.76. The van der Waals surface area contributed by atoms with Crippen LogP contribution in [0.5, 0.6) is 0 Å². The molecule has 1 heteroatoms. The largest absolute Gasteiger partial charge is 0.362 e. The van der Waals surface area contributed by atoms with E-state index in [2.05, 4.69) is 61.5 Å². The van der Waals surface area contributed by atoms with Crippen molar-refractivity contribution in [2.75, 3.05) is 0 Å². The third kappa shape index (κ3) is 2.18. The number of aryl methyl sites for hydroxylation is 1. The number of benzene rings is 2. The van der Waals surface area contributed by atoms with E-state index in [-0.39, 0.29) is 11.7 Å². The van der Waals surface area contributed by atoms with Gasteiger partial charge in [0.15, 0.2) is 0 Å². The number of rotatable bonds is 2. The van der Waals surface area contributed by atoms with Crippen LogP contribution in [0.1, 0.15) is 47.6 Å². The summed E-state index contributed by atoms with van der Waals surface area (Å²) in [6.45, 7) is 2.15. The zero-order valence-electron chi connectivity index (χ0n) is 13.6. The summed E-state index contributed by atoms with van der Waals surface area (Å²) in [5.41, 5.74) is 7.01. The van der Waals surface area contributed by atoms with Gasteiger partial charge in [-0.2, -0.15) is 0 Å². The quantitative estimate of drug-likeness (QED) is 0.736. The molecule has 0 N–H and O–H groups in total. The first-order valence-electron chi connectivity index (χ1n) is 8.78. The highest BCUT2D eigenvalue weighted by atomic mass is 16.5. The van der Waals surface area contributed by atoms with Gasteiger partial charge in [-0.25, -0.2) is 0 Å². The fraction of sp³-hybridized carbons (Fsp3) is 0.364. The van der Waals surface area contributed by atoms with Crippen molar-refractivity contribution < 1.29 is 4.74 Å². The van der Waals surface area contributed by atoms with E-state index < -0.39 is 0 Å². The first-order chi connectivity index (χ1) is 11.2. The molecule has 116 valence electrons. The molecule has 0 saturated heterocycles. The third-order valence-electron chi connectivity index (χ3n) is 5.75. The second kappa shape index (κ2) is 4.82. The van der Waals surface area contributed by atoms with Crippen molar-refractivity contribution >= 4 is 5.57 Å². The van der Waals surface area contributed by atoms with Gasteiger partial charge in [0.1, 0.15) is 0 Å². The SMILES string of the molecule is Cc1ccc(C2=C[C@@]3(C4CC4)Cc4ccccc4[C@@H](C2)O3)cc1. The molecule has 1 fully saturated rings. The van der Waals surface area contributed by atoms with Crippen molar-refractivity contribution in [3.8, 4) is 0 Å². The Balaban J connectivity index is 1.62. The van der Waals surface area contributed by atoms with Gasteiger partial charge in [-0.15, -0.1) is 0 Å². The van der Waals surface area contributed by atoms with E-state index in [4.69, 9.17) is 4.74 Å². The zero-order valence-corrected chi connectivity index (χ0v) is 13.6. The Labute approximate surface area is 138 Å². The molecule has 0 radical (unpaired) electrons. The minimum absolute atomic E-state index is 0.0580. The number of hydrogen-bond acceptors (Lipinski definition) is 1. The summed E-state index contributed by atoms with van der Waals surface area (Å²) < 4.78 is 6.66. The molecule has 2 aromatic rings. The van der Waals surface area contributed by atoms with Crippen LogP contribution in [0, 0.1) is 12.8 Å². The molecule has 23 heavy (non-hydrogen) atoms. The Morgan fingerprint density at radius 1 is 1.00 bits per heavy atom. The van der Waals surface area contributed by atoms with Crippen molar-refractivity contribution in [3.63, 3.8) is 0 Å². The monoisotopic (exact) mass is 302 g/mol. The minimum atomic E-state index is -0.0580. The summed E-state index contributed by atoms with van der Waals surface area (Å²) in [6, 6.07) is 17.9. The molecule has 2 aliphatic heterocycles. The van der Waals surface area contributed by atoms with Gasteiger partial charge >= 0.3 is 0 Å². The van der Waals surface area contributed by atoms with Crippen LogP contribution in [0.3, 0.4) is 0 Å². The molecule has 2 heterocycles. The fourth-order valence-corrected chi connectivity index (χ4v) is 4.37. The van der Waals surface area contributed by atoms with E-state index in [0.717, 1.165) is 12.8 Å². The summed E-state index contributed by atoms with van der Waals surface area (Å²) in [6.07, 6.45) is 7.36. The van der Waals surface area contributed by atoms with Crippen LogP contribution in [-0.4, -0.2) is 5.60 Å². The highest BCUT2D eigenvalue weighted by Gasteiger charge is 2.51. The summed E-state index contributed by atoms with van der Waals surface area (Å²) >= 11 is 0. The Bertz CT molecular complexity index is 782. The van der Waals surface area contributed by atoms with Gasteiger partial charge in [-0.05, 0) is 54.0 Å². The average Bonchev–Trinajstić information content (AvgIpc) is 3.41. The predicted octanol–water partition coefficient (Wildman–Crippen LogP) is 5.24. The van der Waals surface area contributed by atoms with Crippen LogP contribution < -0.4 is 0 Å². The van der Waals surface area contributed by atoms with Crippen LogP contribution in [0.4, 0.5) is 0 Å². The van der Waals surface area contributed by atoms with Crippen LogP contribution in [0.25, 0.3) is 5.57 Å². The van der Waals surface area contributed by atoms with Crippen molar-refractivity contribution in [1.82, 2.24) is 0 Å². The Morgan fingerprint density at radius 2 is 1.78 bits per heavy atom. The molecule has 1 nitrogen and oxygen atoms in total. The summed E-state index contributed by atoms with van der Waals surface area (Å²) in [7, 11) is 0. The van der Waals surface area contributed by atoms with Gasteiger partial charge in [0.2, 0.25) is 0 Å². The highest BCUT2D eigenvalue weighted by molar-refractivity contribution is 5.69. The molecule has 0 spiro atoms. The van der Waals surface area contributed by atoms with Crippen molar-refractivity contribution in [1.29, 1.82) is 0 Å². The molecule has 2 bridgehead atoms. The maximum Gasteiger partial charge on any atom is 0.0945 e. The van der Waals surface area contributed by atoms with Gasteiger partial charge in [0, 0.05) is 12.8 Å². The van der Waals surface area contributed by atoms with Crippen LogP contribution >= 0.6 is 0 Å². The molecule has 3 aliphatic rings. The van der Waals surface area contributed by atoms with Gasteiger partial charge in [-0.1, -0.05) is 54.1 Å². The zero-order chi connectivity index (χ0) is 15.4. The van der Waals surface area contributed by atoms with Crippen molar-refractivity contribution in [2.24, 2.45) is 5.92 Å². The lowest BCUT2D eigenvalue weighted by Gasteiger charge is -2.45. The second-order valence-electron chi connectivity index (χ2n) is 7.45. The van der Waals surface area contributed by atoms with Crippen molar-refractivity contribution in [2.45, 2.75) is 44.3 Å². The second-order valence-corrected chi connectivity index (χ2v) is 7.45. The normalized spacial score (nSPS) is 28.9. The molecular weight excluding hydrogens is 280 g/mol. The van der Waals surface area contributed by atoms with E-state index in [1.807, 2.05) is 0 Å². The van der Waals surface area contributed by atoms with E-state index in [1.165, 1.54) is 40.7 Å². The first kappa shape index (κ1) is 13.6. The number of hydrogen-bond donors (Lipinski definition) is 0. The summed E-state index contributed by atoms with van der Waals surface area (Å²) in [5, 5.41) is 0. The smallest absolute Gasteiger partial charge is 0.0945 e. The number of ether oxygens (including phenoxy) is 1. The van der Waals surface area contributed by atoms with E-state index >= 15 is 0 Å². The lowest BCUT2D eigenvalue weighted by Crippen LogP contribution is -2.43. The Morgan fingerprint density at radius 3 is 2.57 bits per heavy atom. The van der Waals surface area contributed by atoms with E-state index in [1.54, 1.807) is 0 Å². The maximum absolute atomic E-state index is 6.66. The number of fused-ring (bicyclic) bond motifs is 4. The Hall–Kier alpha value is -1.86. The topological polar surface area (TPSA) is 9.23 Å². The predicted molar refractivity (Wildman–Crippen MR) is 93.2 cm³/mol. The molecule has 1 aliphatic carbocycles. The highest BCUT2D eigenvalue weighted by Crippen LogP contribution is 2.55. The average molecular weight is 302 g/mol. The van der Waals surface area contributed by atoms with Gasteiger partial charge < -0.3 is 4.74 Å². The van der Waals surface area contributed by atoms with E-state index in [9.17, 15) is 0 Å². The fourth-order valence-electron chi connectivity index (χ4n) is 4.37. The standard InChI is InChI=1S/C22H22O/c1-15-6-8-16(9-7-15)18-12-21-20-5-3-2-4-17(20)13-22(14-18,23-21)19-10-11-19/h2-9,14,19,21H,10-13H2,1H3/t21-,22-/m1/s1. The van der Waals surface area contributed by atoms with Gasteiger partial charge in [0.25, 0.3) is 0 Å². The van der Waals surface area contributed by atoms with Gasteiger partial charge in [-0.3, -0.25) is 0 Å². The van der Waals surface area contributed by atoms with Crippen molar-refractivity contribution in [3.05, 3.63) is 76.9 Å². The summed E-state index contributed by atoms with van der Waals surface area (Å²) in [5.74, 6) is 0.708. The van der Waals surface area contributed by atoms with Gasteiger partial charge in [0.05, 0.1) is 11.7 Å². The lowest BCUT2D eigenvalue weighted by molar-refractivity contribution is -0.0946. The molecule has 5 rings (SSSR count). The Kier molecular flexibility index (Phi) is 2.84. The minimum Gasteiger partial charge on any atom is -0.362 e. The molecule has 0 unspecified atom stereocenters. The van der Waals surface area contributed by atoms with E-state index in [0.29, 0.717) is 5.92 Å². The molecule has 1 saturated carbocycles. The molecule has 0 aromatic heterocycles. The third-order valence-corrected chi connectivity index (χ3v) is 5.75. The molecular formula is C22H22O. The maximum atomic E-state index is 6.66.